The van der Waals surface area contributed by atoms with Crippen LogP contribution in [-0.4, -0.2) is 40.3 Å². The van der Waals surface area contributed by atoms with Gasteiger partial charge in [-0.1, -0.05) is 18.7 Å². The van der Waals surface area contributed by atoms with Crippen molar-refractivity contribution in [1.82, 2.24) is 9.97 Å². The molecule has 1 heterocycles. The first kappa shape index (κ1) is 22.3. The first-order valence-corrected chi connectivity index (χ1v) is 10.0. The Labute approximate surface area is 172 Å². The Balaban J connectivity index is 2.15. The second kappa shape index (κ2) is 10.5. The third kappa shape index (κ3) is 5.98. The number of esters is 1. The van der Waals surface area contributed by atoms with E-state index in [0.717, 1.165) is 11.8 Å². The van der Waals surface area contributed by atoms with Crippen LogP contribution in [0.15, 0.2) is 34.2 Å². The van der Waals surface area contributed by atoms with Crippen molar-refractivity contribution in [2.45, 2.75) is 37.6 Å². The number of nitrogens with one attached hydrogen (secondary N) is 2. The van der Waals surface area contributed by atoms with Gasteiger partial charge in [0.2, 0.25) is 0 Å². The van der Waals surface area contributed by atoms with Gasteiger partial charge in [0.15, 0.2) is 11.0 Å². The van der Waals surface area contributed by atoms with E-state index < -0.39 is 22.7 Å². The molecule has 1 aromatic carbocycles. The van der Waals surface area contributed by atoms with Crippen LogP contribution >= 0.6 is 11.8 Å². The van der Waals surface area contributed by atoms with Crippen molar-refractivity contribution < 1.29 is 19.1 Å². The minimum Gasteiger partial charge on any atom is -0.494 e. The number of H-pyrrole nitrogens is 1. The van der Waals surface area contributed by atoms with E-state index in [-0.39, 0.29) is 23.3 Å². The van der Waals surface area contributed by atoms with Crippen molar-refractivity contribution in [3.8, 4) is 5.75 Å². The summed E-state index contributed by atoms with van der Waals surface area (Å²) >= 11 is 1.05. The molecule has 0 saturated carbocycles. The Morgan fingerprint density at radius 3 is 2.45 bits per heavy atom. The molecule has 9 nitrogen and oxygen atoms in total. The molecule has 4 N–H and O–H groups in total. The minimum atomic E-state index is -0.613. The quantitative estimate of drug-likeness (QED) is 0.320. The number of anilines is 2. The summed E-state index contributed by atoms with van der Waals surface area (Å²) in [6, 6.07) is 6.47. The highest BCUT2D eigenvalue weighted by atomic mass is 32.2. The SMILES string of the molecule is CCOC(=O)[C@@H](CC)Sc1nc(N)c(NC(=O)c2ccc(OCC)cc2)c(=O)[nH]1. The van der Waals surface area contributed by atoms with Crippen LogP contribution in [0.5, 0.6) is 5.75 Å². The van der Waals surface area contributed by atoms with Gasteiger partial charge in [0.1, 0.15) is 16.7 Å². The molecule has 10 heteroatoms. The molecule has 0 aliphatic carbocycles. The topological polar surface area (TPSA) is 136 Å². The molecule has 0 unspecified atom stereocenters. The number of benzene rings is 1. The second-order valence-corrected chi connectivity index (χ2v) is 7.00. The number of thioether (sulfide) groups is 1. The fraction of sp³-hybridized carbons (Fsp3) is 0.368. The highest BCUT2D eigenvalue weighted by Gasteiger charge is 2.22. The van der Waals surface area contributed by atoms with Gasteiger partial charge in [0, 0.05) is 5.56 Å². The fourth-order valence-electron chi connectivity index (χ4n) is 2.37. The van der Waals surface area contributed by atoms with Gasteiger partial charge in [-0.3, -0.25) is 19.4 Å². The predicted octanol–water partition coefficient (Wildman–Crippen LogP) is 2.44. The van der Waals surface area contributed by atoms with Gasteiger partial charge in [-0.05, 0) is 44.5 Å². The number of ether oxygens (including phenoxy) is 2. The zero-order valence-corrected chi connectivity index (χ0v) is 17.3. The Hall–Kier alpha value is -3.01. The van der Waals surface area contributed by atoms with Crippen LogP contribution in [0.4, 0.5) is 11.5 Å². The number of nitrogen functional groups attached to an aromatic ring is 1. The summed E-state index contributed by atoms with van der Waals surface area (Å²) in [6.45, 7) is 6.18. The van der Waals surface area contributed by atoms with E-state index in [4.69, 9.17) is 15.2 Å². The average molecular weight is 420 g/mol. The molecule has 0 saturated heterocycles. The Morgan fingerprint density at radius 2 is 1.90 bits per heavy atom. The van der Waals surface area contributed by atoms with E-state index in [0.29, 0.717) is 24.3 Å². The lowest BCUT2D eigenvalue weighted by Gasteiger charge is -2.13. The third-order valence-electron chi connectivity index (χ3n) is 3.77. The molecule has 1 amide bonds. The van der Waals surface area contributed by atoms with Crippen LogP contribution < -0.4 is 21.3 Å². The monoisotopic (exact) mass is 420 g/mol. The van der Waals surface area contributed by atoms with Gasteiger partial charge in [-0.15, -0.1) is 0 Å². The van der Waals surface area contributed by atoms with Gasteiger partial charge < -0.3 is 20.5 Å². The number of carbonyl (C=O) groups excluding carboxylic acids is 2. The highest BCUT2D eigenvalue weighted by Crippen LogP contribution is 2.24. The lowest BCUT2D eigenvalue weighted by Crippen LogP contribution is -2.24. The molecule has 0 aliphatic rings. The van der Waals surface area contributed by atoms with E-state index in [1.165, 1.54) is 0 Å². The molecule has 1 aromatic heterocycles. The first-order chi connectivity index (χ1) is 13.9. The van der Waals surface area contributed by atoms with Gasteiger partial charge in [0.05, 0.1) is 13.2 Å². The molecular weight excluding hydrogens is 396 g/mol. The summed E-state index contributed by atoms with van der Waals surface area (Å²) in [6.07, 6.45) is 0.489. The van der Waals surface area contributed by atoms with Gasteiger partial charge in [-0.2, -0.15) is 0 Å². The van der Waals surface area contributed by atoms with Gasteiger partial charge in [0.25, 0.3) is 11.5 Å². The van der Waals surface area contributed by atoms with Crippen LogP contribution in [0.1, 0.15) is 37.6 Å². The number of aromatic amines is 1. The number of nitrogens with zero attached hydrogens (tertiary/aromatic N) is 1. The maximum absolute atomic E-state index is 12.4. The summed E-state index contributed by atoms with van der Waals surface area (Å²) in [5.41, 5.74) is 5.43. The van der Waals surface area contributed by atoms with Crippen LogP contribution in [0.25, 0.3) is 0 Å². The van der Waals surface area contributed by atoms with Crippen LogP contribution in [0.3, 0.4) is 0 Å². The fourth-order valence-corrected chi connectivity index (χ4v) is 3.27. The first-order valence-electron chi connectivity index (χ1n) is 9.16. The van der Waals surface area contributed by atoms with E-state index in [9.17, 15) is 14.4 Å². The molecule has 0 radical (unpaired) electrons. The molecule has 0 bridgehead atoms. The van der Waals surface area contributed by atoms with Crippen LogP contribution in [0, 0.1) is 0 Å². The predicted molar refractivity (Wildman–Crippen MR) is 111 cm³/mol. The smallest absolute Gasteiger partial charge is 0.319 e. The number of nitrogens with two attached hydrogens (primary N) is 1. The van der Waals surface area contributed by atoms with Crippen molar-refractivity contribution in [1.29, 1.82) is 0 Å². The average Bonchev–Trinajstić information content (AvgIpc) is 2.69. The molecule has 0 fully saturated rings. The number of hydrogen-bond acceptors (Lipinski definition) is 8. The molecular formula is C19H24N4O5S. The lowest BCUT2D eigenvalue weighted by molar-refractivity contribution is -0.142. The van der Waals surface area contributed by atoms with Crippen molar-refractivity contribution in [3.05, 3.63) is 40.2 Å². The van der Waals surface area contributed by atoms with E-state index >= 15 is 0 Å². The number of rotatable bonds is 9. The van der Waals surface area contributed by atoms with Crippen molar-refractivity contribution in [2.75, 3.05) is 24.3 Å². The maximum atomic E-state index is 12.4. The number of carbonyl (C=O) groups is 2. The number of aromatic nitrogens is 2. The van der Waals surface area contributed by atoms with Crippen molar-refractivity contribution in [2.24, 2.45) is 0 Å². The van der Waals surface area contributed by atoms with E-state index in [1.807, 2.05) is 13.8 Å². The summed E-state index contributed by atoms with van der Waals surface area (Å²) in [4.78, 5) is 43.3. The molecule has 0 spiro atoms. The van der Waals surface area contributed by atoms with Crippen molar-refractivity contribution in [3.63, 3.8) is 0 Å². The second-order valence-electron chi connectivity index (χ2n) is 5.81. The number of hydrogen-bond donors (Lipinski definition) is 3. The summed E-state index contributed by atoms with van der Waals surface area (Å²) < 4.78 is 10.3. The summed E-state index contributed by atoms with van der Waals surface area (Å²) in [5, 5.41) is 2.12. The summed E-state index contributed by atoms with van der Waals surface area (Å²) in [7, 11) is 0. The van der Waals surface area contributed by atoms with Crippen molar-refractivity contribution >= 4 is 35.1 Å². The largest absolute Gasteiger partial charge is 0.494 e. The minimum absolute atomic E-state index is 0.144. The normalized spacial score (nSPS) is 11.6. The molecule has 29 heavy (non-hydrogen) atoms. The molecule has 2 aromatic rings. The maximum Gasteiger partial charge on any atom is 0.319 e. The molecule has 1 atom stereocenters. The van der Waals surface area contributed by atoms with E-state index in [1.54, 1.807) is 31.2 Å². The highest BCUT2D eigenvalue weighted by molar-refractivity contribution is 8.00. The number of amides is 1. The van der Waals surface area contributed by atoms with Gasteiger partial charge >= 0.3 is 5.97 Å². The Morgan fingerprint density at radius 1 is 1.21 bits per heavy atom. The molecule has 156 valence electrons. The van der Waals surface area contributed by atoms with Crippen LogP contribution in [0.2, 0.25) is 0 Å². The third-order valence-corrected chi connectivity index (χ3v) is 4.99. The standard InChI is InChI=1S/C19H24N4O5S/c1-4-13(18(26)28-6-3)29-19-22-15(20)14(17(25)23-19)21-16(24)11-7-9-12(10-8-11)27-5-2/h7-10,13H,4-6H2,1-3H3,(H,21,24)(H3,20,22,23,25)/t13-/m1/s1. The van der Waals surface area contributed by atoms with E-state index in [2.05, 4.69) is 15.3 Å². The zero-order valence-electron chi connectivity index (χ0n) is 16.5. The van der Waals surface area contributed by atoms with Gasteiger partial charge in [-0.25, -0.2) is 4.98 Å². The lowest BCUT2D eigenvalue weighted by atomic mass is 10.2. The zero-order chi connectivity index (χ0) is 21.4. The molecule has 0 aliphatic heterocycles. The Kier molecular flexibility index (Phi) is 8.08. The van der Waals surface area contributed by atoms with Crippen LogP contribution in [-0.2, 0) is 9.53 Å². The Bertz CT molecular complexity index is 914. The summed E-state index contributed by atoms with van der Waals surface area (Å²) in [5.74, 6) is -0.412. The molecule has 2 rings (SSSR count).